The number of aliphatic hydroxyl groups excluding tert-OH is 4. The molecule has 1 aliphatic heterocycles. The van der Waals surface area contributed by atoms with E-state index >= 15 is 0 Å². The second-order valence-corrected chi connectivity index (χ2v) is 8.25. The van der Waals surface area contributed by atoms with E-state index in [-0.39, 0.29) is 5.92 Å². The van der Waals surface area contributed by atoms with Gasteiger partial charge in [0, 0.05) is 10.9 Å². The zero-order chi connectivity index (χ0) is 20.7. The molecule has 0 radical (unpaired) electrons. The van der Waals surface area contributed by atoms with Gasteiger partial charge in [-0.2, -0.15) is 0 Å². The van der Waals surface area contributed by atoms with Gasteiger partial charge in [0.1, 0.15) is 30.5 Å². The standard InChI is InChI=1S/C23H25ClO5/c1-12(16-8-13-4-2-3-5-14(13)9-16)17-10-15(6-7-18(17)24)23-22(28)21(27)20(26)19(11-25)29-23/h2-8,10,12,19-23,25-28H,9,11H2,1H3/t12?,19-,20-,21+,22-,23+/m1/s1. The maximum Gasteiger partial charge on any atom is 0.113 e. The van der Waals surface area contributed by atoms with E-state index in [0.717, 1.165) is 12.0 Å². The van der Waals surface area contributed by atoms with Crippen LogP contribution in [0.2, 0.25) is 5.02 Å². The van der Waals surface area contributed by atoms with E-state index in [9.17, 15) is 20.4 Å². The molecule has 5 nitrogen and oxygen atoms in total. The van der Waals surface area contributed by atoms with Crippen LogP contribution in [0.25, 0.3) is 6.08 Å². The van der Waals surface area contributed by atoms with E-state index in [1.807, 2.05) is 18.2 Å². The number of hydrogen-bond donors (Lipinski definition) is 4. The van der Waals surface area contributed by atoms with Crippen LogP contribution in [0.3, 0.4) is 0 Å². The number of rotatable bonds is 4. The molecule has 4 N–H and O–H groups in total. The summed E-state index contributed by atoms with van der Waals surface area (Å²) in [6, 6.07) is 13.7. The lowest BCUT2D eigenvalue weighted by Crippen LogP contribution is -2.55. The maximum atomic E-state index is 10.4. The van der Waals surface area contributed by atoms with Crippen molar-refractivity contribution in [2.24, 2.45) is 0 Å². The molecule has 0 aromatic heterocycles. The Hall–Kier alpha value is -1.73. The highest BCUT2D eigenvalue weighted by atomic mass is 35.5. The van der Waals surface area contributed by atoms with Crippen molar-refractivity contribution in [2.45, 2.75) is 49.8 Å². The number of ether oxygens (including phenoxy) is 1. The molecular weight excluding hydrogens is 392 g/mol. The van der Waals surface area contributed by atoms with Crippen LogP contribution >= 0.6 is 11.6 Å². The predicted molar refractivity (Wildman–Crippen MR) is 111 cm³/mol. The summed E-state index contributed by atoms with van der Waals surface area (Å²) in [7, 11) is 0. The van der Waals surface area contributed by atoms with E-state index in [1.165, 1.54) is 16.7 Å². The molecule has 0 bridgehead atoms. The van der Waals surface area contributed by atoms with Gasteiger partial charge in [-0.25, -0.2) is 0 Å². The Bertz CT molecular complexity index is 925. The van der Waals surface area contributed by atoms with Crippen molar-refractivity contribution in [2.75, 3.05) is 6.61 Å². The van der Waals surface area contributed by atoms with E-state index in [4.69, 9.17) is 16.3 Å². The second kappa shape index (κ2) is 8.19. The highest BCUT2D eigenvalue weighted by molar-refractivity contribution is 6.31. The number of hydrogen-bond acceptors (Lipinski definition) is 5. The summed E-state index contributed by atoms with van der Waals surface area (Å²) in [6.45, 7) is 1.64. The number of benzene rings is 2. The Morgan fingerprint density at radius 1 is 1.07 bits per heavy atom. The number of fused-ring (bicyclic) bond motifs is 1. The Kier molecular flexibility index (Phi) is 5.80. The molecule has 0 saturated carbocycles. The fraction of sp³-hybridized carbons (Fsp3) is 0.391. The smallest absolute Gasteiger partial charge is 0.113 e. The van der Waals surface area contributed by atoms with E-state index < -0.39 is 37.1 Å². The third-order valence-corrected chi connectivity index (χ3v) is 6.40. The van der Waals surface area contributed by atoms with Crippen LogP contribution in [0, 0.1) is 0 Å². The van der Waals surface area contributed by atoms with Crippen molar-refractivity contribution in [1.82, 2.24) is 0 Å². The van der Waals surface area contributed by atoms with Crippen molar-refractivity contribution in [3.05, 3.63) is 75.3 Å². The molecule has 2 aromatic carbocycles. The normalized spacial score (nSPS) is 30.0. The Morgan fingerprint density at radius 3 is 2.55 bits per heavy atom. The van der Waals surface area contributed by atoms with Gasteiger partial charge in [0.2, 0.25) is 0 Å². The topological polar surface area (TPSA) is 90.2 Å². The molecule has 2 aromatic rings. The average molecular weight is 417 g/mol. The van der Waals surface area contributed by atoms with E-state index in [1.54, 1.807) is 12.1 Å². The molecule has 1 aliphatic carbocycles. The van der Waals surface area contributed by atoms with Crippen LogP contribution in [0.1, 0.15) is 41.2 Å². The van der Waals surface area contributed by atoms with Gasteiger partial charge in [-0.3, -0.25) is 0 Å². The van der Waals surface area contributed by atoms with Crippen LogP contribution < -0.4 is 0 Å². The second-order valence-electron chi connectivity index (χ2n) is 7.85. The number of aliphatic hydroxyl groups is 4. The molecule has 1 heterocycles. The average Bonchev–Trinajstić information content (AvgIpc) is 3.17. The third kappa shape index (κ3) is 3.75. The molecular formula is C23H25ClO5. The van der Waals surface area contributed by atoms with Gasteiger partial charge in [-0.05, 0) is 34.7 Å². The molecule has 1 fully saturated rings. The van der Waals surface area contributed by atoms with Crippen LogP contribution in [0.15, 0.2) is 48.0 Å². The summed E-state index contributed by atoms with van der Waals surface area (Å²) in [5.41, 5.74) is 5.30. The minimum absolute atomic E-state index is 0.0553. The van der Waals surface area contributed by atoms with E-state index in [2.05, 4.69) is 25.1 Å². The first-order valence-electron chi connectivity index (χ1n) is 9.79. The summed E-state index contributed by atoms with van der Waals surface area (Å²) in [4.78, 5) is 0. The summed E-state index contributed by atoms with van der Waals surface area (Å²) in [5.74, 6) is 0.0553. The molecule has 1 saturated heterocycles. The highest BCUT2D eigenvalue weighted by Gasteiger charge is 2.44. The molecule has 6 atom stereocenters. The van der Waals surface area contributed by atoms with Gasteiger partial charge in [-0.1, -0.05) is 66.6 Å². The van der Waals surface area contributed by atoms with Crippen molar-refractivity contribution in [3.8, 4) is 0 Å². The zero-order valence-corrected chi connectivity index (χ0v) is 16.8. The molecule has 29 heavy (non-hydrogen) atoms. The number of allylic oxidation sites excluding steroid dienone is 1. The lowest BCUT2D eigenvalue weighted by molar-refractivity contribution is -0.231. The number of halogens is 1. The SMILES string of the molecule is CC(C1=Cc2ccccc2C1)c1cc([C@@H]2O[C@H](CO)[C@@H](O)[C@H](O)[C@H]2O)ccc1Cl. The minimum atomic E-state index is -1.41. The summed E-state index contributed by atoms with van der Waals surface area (Å²) < 4.78 is 5.70. The van der Waals surface area contributed by atoms with Crippen molar-refractivity contribution < 1.29 is 25.2 Å². The van der Waals surface area contributed by atoms with Gasteiger partial charge in [0.25, 0.3) is 0 Å². The fourth-order valence-electron chi connectivity index (χ4n) is 4.23. The first-order chi connectivity index (χ1) is 13.9. The lowest BCUT2D eigenvalue weighted by atomic mass is 9.87. The fourth-order valence-corrected chi connectivity index (χ4v) is 4.51. The minimum Gasteiger partial charge on any atom is -0.394 e. The molecule has 2 aliphatic rings. The Labute approximate surface area is 174 Å². The van der Waals surface area contributed by atoms with Crippen LogP contribution in [0.4, 0.5) is 0 Å². The summed E-state index contributed by atoms with van der Waals surface area (Å²) in [6.07, 6.45) is -2.86. The van der Waals surface area contributed by atoms with Crippen molar-refractivity contribution in [1.29, 1.82) is 0 Å². The molecule has 0 amide bonds. The van der Waals surface area contributed by atoms with Crippen molar-refractivity contribution in [3.63, 3.8) is 0 Å². The van der Waals surface area contributed by atoms with E-state index in [0.29, 0.717) is 10.6 Å². The molecule has 154 valence electrons. The van der Waals surface area contributed by atoms with Crippen LogP contribution in [-0.2, 0) is 11.2 Å². The van der Waals surface area contributed by atoms with Crippen LogP contribution in [-0.4, -0.2) is 51.4 Å². The lowest BCUT2D eigenvalue weighted by Gasteiger charge is -2.40. The van der Waals surface area contributed by atoms with Gasteiger partial charge < -0.3 is 25.2 Å². The van der Waals surface area contributed by atoms with Gasteiger partial charge in [0.05, 0.1) is 6.61 Å². The summed E-state index contributed by atoms with van der Waals surface area (Å²) >= 11 is 6.50. The van der Waals surface area contributed by atoms with Crippen LogP contribution in [0.5, 0.6) is 0 Å². The van der Waals surface area contributed by atoms with Crippen molar-refractivity contribution >= 4 is 17.7 Å². The molecule has 0 spiro atoms. The molecule has 4 rings (SSSR count). The molecule has 6 heteroatoms. The Morgan fingerprint density at radius 2 is 1.83 bits per heavy atom. The Balaban J connectivity index is 1.63. The summed E-state index contributed by atoms with van der Waals surface area (Å²) in [5, 5.41) is 40.6. The maximum absolute atomic E-state index is 10.4. The third-order valence-electron chi connectivity index (χ3n) is 6.05. The van der Waals surface area contributed by atoms with Gasteiger partial charge >= 0.3 is 0 Å². The van der Waals surface area contributed by atoms with Gasteiger partial charge in [-0.15, -0.1) is 0 Å². The first-order valence-corrected chi connectivity index (χ1v) is 10.2. The monoisotopic (exact) mass is 416 g/mol. The highest BCUT2D eigenvalue weighted by Crippen LogP contribution is 2.40. The van der Waals surface area contributed by atoms with Gasteiger partial charge in [0.15, 0.2) is 0 Å². The predicted octanol–water partition coefficient (Wildman–Crippen LogP) is 2.60. The quantitative estimate of drug-likeness (QED) is 0.615. The first kappa shape index (κ1) is 20.5. The zero-order valence-electron chi connectivity index (χ0n) is 16.1. The largest absolute Gasteiger partial charge is 0.394 e. The molecule has 1 unspecified atom stereocenters.